The van der Waals surface area contributed by atoms with Crippen molar-refractivity contribution in [3.05, 3.63) is 48.0 Å². The van der Waals surface area contributed by atoms with E-state index in [1.54, 1.807) is 0 Å². The lowest BCUT2D eigenvalue weighted by Crippen LogP contribution is -2.59. The molecule has 1 aromatic carbocycles. The van der Waals surface area contributed by atoms with Crippen LogP contribution < -0.4 is 0 Å². The van der Waals surface area contributed by atoms with Crippen LogP contribution in [0.15, 0.2) is 36.9 Å². The van der Waals surface area contributed by atoms with Gasteiger partial charge in [-0.2, -0.15) is 0 Å². The molecule has 6 heteroatoms. The van der Waals surface area contributed by atoms with Gasteiger partial charge in [-0.15, -0.1) is 0 Å². The van der Waals surface area contributed by atoms with Gasteiger partial charge in [-0.1, -0.05) is 24.8 Å². The van der Waals surface area contributed by atoms with E-state index >= 15 is 0 Å². The van der Waals surface area contributed by atoms with E-state index in [0.29, 0.717) is 0 Å². The molecule has 0 bridgehead atoms. The number of halogens is 1. The summed E-state index contributed by atoms with van der Waals surface area (Å²) in [5.41, 5.74) is -1.45. The van der Waals surface area contributed by atoms with Crippen LogP contribution >= 0.6 is 0 Å². The molecule has 0 saturated carbocycles. The minimum Gasteiger partial charge on any atom is -0.478 e. The van der Waals surface area contributed by atoms with Gasteiger partial charge < -0.3 is 14.7 Å². The third-order valence-electron chi connectivity index (χ3n) is 3.09. The summed E-state index contributed by atoms with van der Waals surface area (Å²) in [5, 5.41) is 8.89. The van der Waals surface area contributed by atoms with Gasteiger partial charge in [0, 0.05) is 0 Å². The highest BCUT2D eigenvalue weighted by Gasteiger charge is 2.48. The number of amides is 1. The average molecular weight is 279 g/mol. The molecule has 106 valence electrons. The van der Waals surface area contributed by atoms with Crippen LogP contribution in [-0.4, -0.2) is 41.8 Å². The molecule has 1 amide bonds. The maximum Gasteiger partial charge on any atom is 0.410 e. The topological polar surface area (TPSA) is 66.8 Å². The van der Waals surface area contributed by atoms with E-state index in [-0.39, 0.29) is 30.8 Å². The van der Waals surface area contributed by atoms with Crippen molar-refractivity contribution in [3.63, 3.8) is 0 Å². The number of ether oxygens (including phenoxy) is 1. The first kappa shape index (κ1) is 14.0. The Morgan fingerprint density at radius 1 is 1.50 bits per heavy atom. The second-order valence-electron chi connectivity index (χ2n) is 4.57. The average Bonchev–Trinajstić information content (AvgIpc) is 2.41. The largest absolute Gasteiger partial charge is 0.478 e. The summed E-state index contributed by atoms with van der Waals surface area (Å²) in [6.07, 6.45) is 0.823. The highest BCUT2D eigenvalue weighted by Crippen LogP contribution is 2.36. The number of benzene rings is 1. The lowest BCUT2D eigenvalue weighted by Gasteiger charge is -2.43. The summed E-state index contributed by atoms with van der Waals surface area (Å²) in [7, 11) is 0. The predicted octanol–water partition coefficient (Wildman–Crippen LogP) is 2.19. The smallest absolute Gasteiger partial charge is 0.410 e. The molecule has 0 aromatic heterocycles. The molecule has 1 N–H and O–H groups in total. The molecular formula is C14H14FNO4. The minimum atomic E-state index is -1.72. The van der Waals surface area contributed by atoms with Gasteiger partial charge in [-0.3, -0.25) is 0 Å². The third-order valence-corrected chi connectivity index (χ3v) is 3.09. The van der Waals surface area contributed by atoms with Gasteiger partial charge in [0.25, 0.3) is 0 Å². The molecule has 5 nitrogen and oxygen atoms in total. The van der Waals surface area contributed by atoms with Gasteiger partial charge in [0.05, 0.1) is 18.7 Å². The summed E-state index contributed by atoms with van der Waals surface area (Å²) < 4.78 is 19.3. The molecule has 1 aliphatic heterocycles. The molecule has 0 aliphatic carbocycles. The second-order valence-corrected chi connectivity index (χ2v) is 4.57. The Morgan fingerprint density at radius 2 is 2.20 bits per heavy atom. The van der Waals surface area contributed by atoms with E-state index in [0.717, 1.165) is 0 Å². The van der Waals surface area contributed by atoms with E-state index in [1.807, 2.05) is 0 Å². The quantitative estimate of drug-likeness (QED) is 0.858. The van der Waals surface area contributed by atoms with Crippen molar-refractivity contribution in [2.75, 3.05) is 19.7 Å². The summed E-state index contributed by atoms with van der Waals surface area (Å²) >= 11 is 0. The van der Waals surface area contributed by atoms with Crippen LogP contribution in [0.25, 0.3) is 0 Å². The fourth-order valence-electron chi connectivity index (χ4n) is 2.02. The van der Waals surface area contributed by atoms with E-state index in [1.165, 1.54) is 35.2 Å². The number of hydrogen-bond donors (Lipinski definition) is 1. The maximum absolute atomic E-state index is 14.6. The molecular weight excluding hydrogens is 265 g/mol. The Labute approximate surface area is 115 Å². The van der Waals surface area contributed by atoms with Crippen LogP contribution in [0.1, 0.15) is 15.9 Å². The zero-order valence-corrected chi connectivity index (χ0v) is 10.7. The Balaban J connectivity index is 2.04. The van der Waals surface area contributed by atoms with E-state index in [9.17, 15) is 14.0 Å². The Kier molecular flexibility index (Phi) is 3.74. The Hall–Kier alpha value is -2.37. The number of carboxylic acid groups (broad SMARTS) is 1. The standard InChI is InChI=1S/C14H14FNO4/c1-2-6-20-13(19)16-8-14(15,9-16)11-5-3-4-10(7-11)12(17)18/h2-5,7H,1,6,8-9H2,(H,17,18). The van der Waals surface area contributed by atoms with Crippen molar-refractivity contribution in [2.24, 2.45) is 0 Å². The lowest BCUT2D eigenvalue weighted by molar-refractivity contribution is -0.0309. The second kappa shape index (κ2) is 5.32. The SMILES string of the molecule is C=CCOC(=O)N1CC(F)(c2cccc(C(=O)O)c2)C1. The van der Waals surface area contributed by atoms with Crippen molar-refractivity contribution in [1.29, 1.82) is 0 Å². The first-order chi connectivity index (χ1) is 9.46. The van der Waals surface area contributed by atoms with Crippen LogP contribution in [0.2, 0.25) is 0 Å². The number of rotatable bonds is 4. The number of alkyl halides is 1. The van der Waals surface area contributed by atoms with E-state index in [2.05, 4.69) is 6.58 Å². The molecule has 1 saturated heterocycles. The third kappa shape index (κ3) is 2.64. The van der Waals surface area contributed by atoms with Crippen LogP contribution in [0.3, 0.4) is 0 Å². The van der Waals surface area contributed by atoms with Crippen molar-refractivity contribution in [3.8, 4) is 0 Å². The fourth-order valence-corrected chi connectivity index (χ4v) is 2.02. The molecule has 1 aliphatic rings. The number of hydrogen-bond acceptors (Lipinski definition) is 3. The van der Waals surface area contributed by atoms with Gasteiger partial charge >= 0.3 is 12.1 Å². The van der Waals surface area contributed by atoms with Crippen molar-refractivity contribution in [1.82, 2.24) is 4.90 Å². The van der Waals surface area contributed by atoms with Crippen LogP contribution in [0.5, 0.6) is 0 Å². The molecule has 0 unspecified atom stereocenters. The van der Waals surface area contributed by atoms with E-state index in [4.69, 9.17) is 9.84 Å². The number of carbonyl (C=O) groups is 2. The van der Waals surface area contributed by atoms with Crippen LogP contribution in [0, 0.1) is 0 Å². The summed E-state index contributed by atoms with van der Waals surface area (Å²) in [5.74, 6) is -1.11. The van der Waals surface area contributed by atoms with Crippen LogP contribution in [-0.2, 0) is 10.4 Å². The first-order valence-corrected chi connectivity index (χ1v) is 6.01. The molecule has 2 rings (SSSR count). The number of carboxylic acids is 1. The molecule has 1 aromatic rings. The molecule has 0 atom stereocenters. The summed E-state index contributed by atoms with van der Waals surface area (Å²) in [6.45, 7) is 3.19. The van der Waals surface area contributed by atoms with Crippen molar-refractivity contribution in [2.45, 2.75) is 5.67 Å². The molecule has 0 radical (unpaired) electrons. The zero-order valence-electron chi connectivity index (χ0n) is 10.7. The minimum absolute atomic E-state index is 0.0206. The maximum atomic E-state index is 14.6. The first-order valence-electron chi connectivity index (χ1n) is 6.01. The highest BCUT2D eigenvalue weighted by atomic mass is 19.1. The monoisotopic (exact) mass is 279 g/mol. The number of carbonyl (C=O) groups excluding carboxylic acids is 1. The normalized spacial score (nSPS) is 16.1. The lowest BCUT2D eigenvalue weighted by atomic mass is 9.87. The van der Waals surface area contributed by atoms with Crippen molar-refractivity contribution >= 4 is 12.1 Å². The predicted molar refractivity (Wildman–Crippen MR) is 69.3 cm³/mol. The fraction of sp³-hybridized carbons (Fsp3) is 0.286. The highest BCUT2D eigenvalue weighted by molar-refractivity contribution is 5.87. The van der Waals surface area contributed by atoms with Gasteiger partial charge in [-0.25, -0.2) is 14.0 Å². The number of aromatic carboxylic acids is 1. The Morgan fingerprint density at radius 3 is 2.80 bits per heavy atom. The molecule has 20 heavy (non-hydrogen) atoms. The summed E-state index contributed by atoms with van der Waals surface area (Å²) in [6, 6.07) is 5.68. The molecule has 1 fully saturated rings. The van der Waals surface area contributed by atoms with Gasteiger partial charge in [-0.05, 0) is 17.7 Å². The van der Waals surface area contributed by atoms with Crippen molar-refractivity contribution < 1.29 is 23.8 Å². The zero-order chi connectivity index (χ0) is 14.8. The van der Waals surface area contributed by atoms with Gasteiger partial charge in [0.2, 0.25) is 0 Å². The Bertz CT molecular complexity index is 552. The molecule has 1 heterocycles. The number of likely N-dealkylation sites (tertiary alicyclic amines) is 1. The molecule has 0 spiro atoms. The summed E-state index contributed by atoms with van der Waals surface area (Å²) in [4.78, 5) is 23.6. The van der Waals surface area contributed by atoms with Crippen LogP contribution in [0.4, 0.5) is 9.18 Å². The van der Waals surface area contributed by atoms with Gasteiger partial charge in [0.1, 0.15) is 6.61 Å². The van der Waals surface area contributed by atoms with E-state index < -0.39 is 17.7 Å². The number of nitrogens with zero attached hydrogens (tertiary/aromatic N) is 1. The van der Waals surface area contributed by atoms with Gasteiger partial charge in [0.15, 0.2) is 5.67 Å².